The predicted molar refractivity (Wildman–Crippen MR) is 72.4 cm³/mol. The summed E-state index contributed by atoms with van der Waals surface area (Å²) in [6.45, 7) is 1.84. The van der Waals surface area contributed by atoms with Crippen LogP contribution in [0, 0.1) is 11.7 Å². The van der Waals surface area contributed by atoms with Crippen LogP contribution in [0.25, 0.3) is 0 Å². The molecule has 3 N–H and O–H groups in total. The third kappa shape index (κ3) is 3.28. The van der Waals surface area contributed by atoms with Crippen LogP contribution in [0.4, 0.5) is 4.39 Å². The summed E-state index contributed by atoms with van der Waals surface area (Å²) in [6, 6.07) is 1.61. The number of nitrogens with one attached hydrogen (secondary N) is 1. The Balaban J connectivity index is 2.34. The highest BCUT2D eigenvalue weighted by atomic mass is 35.5. The lowest BCUT2D eigenvalue weighted by atomic mass is 10.1. The van der Waals surface area contributed by atoms with Crippen molar-refractivity contribution >= 4 is 27.5 Å². The third-order valence-electron chi connectivity index (χ3n) is 3.26. The molecule has 0 aromatic heterocycles. The maximum Gasteiger partial charge on any atom is 0.253 e. The van der Waals surface area contributed by atoms with E-state index in [4.69, 9.17) is 16.7 Å². The van der Waals surface area contributed by atoms with Crippen molar-refractivity contribution in [2.45, 2.75) is 30.7 Å². The fraction of sp³-hybridized carbons (Fsp3) is 0.417. The van der Waals surface area contributed by atoms with Crippen molar-refractivity contribution in [1.82, 2.24) is 5.32 Å². The summed E-state index contributed by atoms with van der Waals surface area (Å²) in [5.41, 5.74) is -0.233. The lowest BCUT2D eigenvalue weighted by Crippen LogP contribution is -2.34. The normalized spacial score (nSPS) is 16.8. The maximum absolute atomic E-state index is 13.6. The van der Waals surface area contributed by atoms with Crippen molar-refractivity contribution in [2.75, 3.05) is 0 Å². The molecule has 1 aromatic carbocycles. The van der Waals surface area contributed by atoms with Crippen LogP contribution in [-0.2, 0) is 10.0 Å². The van der Waals surface area contributed by atoms with Gasteiger partial charge in [0.25, 0.3) is 5.91 Å². The average molecular weight is 321 g/mol. The number of benzene rings is 1. The highest BCUT2D eigenvalue weighted by Crippen LogP contribution is 2.32. The van der Waals surface area contributed by atoms with Crippen LogP contribution in [0.1, 0.15) is 30.1 Å². The van der Waals surface area contributed by atoms with Crippen LogP contribution in [0.2, 0.25) is 5.02 Å². The molecule has 2 rings (SSSR count). The molecule has 1 fully saturated rings. The van der Waals surface area contributed by atoms with Gasteiger partial charge in [0.2, 0.25) is 10.0 Å². The molecule has 1 unspecified atom stereocenters. The predicted octanol–water partition coefficient (Wildman–Crippen LogP) is 1.65. The van der Waals surface area contributed by atoms with Crippen molar-refractivity contribution in [3.63, 3.8) is 0 Å². The van der Waals surface area contributed by atoms with E-state index in [1.807, 2.05) is 6.92 Å². The Morgan fingerprint density at radius 1 is 1.50 bits per heavy atom. The first-order chi connectivity index (χ1) is 9.20. The lowest BCUT2D eigenvalue weighted by molar-refractivity contribution is 0.0935. The smallest absolute Gasteiger partial charge is 0.253 e. The second-order valence-electron chi connectivity index (χ2n) is 4.91. The van der Waals surface area contributed by atoms with E-state index < -0.39 is 31.7 Å². The highest BCUT2D eigenvalue weighted by Gasteiger charge is 2.30. The largest absolute Gasteiger partial charge is 0.349 e. The van der Waals surface area contributed by atoms with E-state index in [2.05, 4.69) is 5.32 Å². The van der Waals surface area contributed by atoms with Gasteiger partial charge in [-0.3, -0.25) is 4.79 Å². The van der Waals surface area contributed by atoms with Gasteiger partial charge in [0, 0.05) is 6.04 Å². The molecule has 1 saturated carbocycles. The van der Waals surface area contributed by atoms with Crippen molar-refractivity contribution in [2.24, 2.45) is 11.1 Å². The van der Waals surface area contributed by atoms with Gasteiger partial charge in [-0.15, -0.1) is 0 Å². The van der Waals surface area contributed by atoms with Crippen LogP contribution in [0.15, 0.2) is 17.0 Å². The van der Waals surface area contributed by atoms with Gasteiger partial charge in [-0.1, -0.05) is 11.6 Å². The topological polar surface area (TPSA) is 89.3 Å². The van der Waals surface area contributed by atoms with Crippen LogP contribution in [-0.4, -0.2) is 20.4 Å². The quantitative estimate of drug-likeness (QED) is 0.884. The molecular formula is C12H14ClFN2O3S. The second-order valence-corrected chi connectivity index (χ2v) is 6.85. The van der Waals surface area contributed by atoms with Gasteiger partial charge >= 0.3 is 0 Å². The van der Waals surface area contributed by atoms with Crippen molar-refractivity contribution in [1.29, 1.82) is 0 Å². The van der Waals surface area contributed by atoms with Gasteiger partial charge in [-0.2, -0.15) is 0 Å². The maximum atomic E-state index is 13.6. The highest BCUT2D eigenvalue weighted by molar-refractivity contribution is 7.89. The SMILES string of the molecule is CC(NC(=O)c1cc(S(N)(=O)=O)cc(F)c1Cl)C1CC1. The Labute approximate surface area is 121 Å². The van der Waals surface area contributed by atoms with Gasteiger partial charge < -0.3 is 5.32 Å². The number of carbonyl (C=O) groups excluding carboxylic acids is 1. The number of amides is 1. The molecule has 0 bridgehead atoms. The standard InChI is InChI=1S/C12H14ClFN2O3S/c1-6(7-2-3-7)16-12(17)9-4-8(20(15,18)19)5-10(14)11(9)13/h4-7H,2-3H2,1H3,(H,16,17)(H2,15,18,19). The fourth-order valence-electron chi connectivity index (χ4n) is 1.89. The molecule has 1 amide bonds. The Bertz CT molecular complexity index is 659. The third-order valence-corrected chi connectivity index (χ3v) is 4.54. The molecule has 1 aromatic rings. The molecule has 5 nitrogen and oxygen atoms in total. The number of nitrogens with two attached hydrogens (primary N) is 1. The molecule has 0 heterocycles. The van der Waals surface area contributed by atoms with Crippen molar-refractivity contribution in [3.05, 3.63) is 28.5 Å². The zero-order valence-electron chi connectivity index (χ0n) is 10.7. The van der Waals surface area contributed by atoms with Crippen LogP contribution in [0.3, 0.4) is 0 Å². The van der Waals surface area contributed by atoms with Crippen LogP contribution < -0.4 is 10.5 Å². The first kappa shape index (κ1) is 15.2. The Kier molecular flexibility index (Phi) is 4.04. The number of sulfonamides is 1. The first-order valence-corrected chi connectivity index (χ1v) is 7.95. The molecule has 8 heteroatoms. The molecule has 1 aliphatic rings. The van der Waals surface area contributed by atoms with Gasteiger partial charge in [0.05, 0.1) is 15.5 Å². The average Bonchev–Trinajstić information content (AvgIpc) is 3.14. The van der Waals surface area contributed by atoms with Gasteiger partial charge in [-0.25, -0.2) is 17.9 Å². The fourth-order valence-corrected chi connectivity index (χ4v) is 2.64. The lowest BCUT2D eigenvalue weighted by Gasteiger charge is -2.14. The van der Waals surface area contributed by atoms with E-state index in [0.717, 1.165) is 18.9 Å². The van der Waals surface area contributed by atoms with E-state index in [1.165, 1.54) is 0 Å². The van der Waals surface area contributed by atoms with Gasteiger partial charge in [0.15, 0.2) is 0 Å². The molecule has 110 valence electrons. The van der Waals surface area contributed by atoms with E-state index >= 15 is 0 Å². The van der Waals surface area contributed by atoms with Crippen LogP contribution in [0.5, 0.6) is 0 Å². The molecule has 0 radical (unpaired) electrons. The number of hydrogen-bond acceptors (Lipinski definition) is 3. The summed E-state index contributed by atoms with van der Waals surface area (Å²) in [5.74, 6) is -1.20. The number of hydrogen-bond donors (Lipinski definition) is 2. The minimum absolute atomic E-state index is 0.0697. The molecule has 0 saturated heterocycles. The van der Waals surface area contributed by atoms with E-state index in [-0.39, 0.29) is 11.6 Å². The van der Waals surface area contributed by atoms with E-state index in [9.17, 15) is 17.6 Å². The number of primary sulfonamides is 1. The summed E-state index contributed by atoms with van der Waals surface area (Å²) < 4.78 is 36.1. The zero-order chi connectivity index (χ0) is 15.1. The summed E-state index contributed by atoms with van der Waals surface area (Å²) in [6.07, 6.45) is 2.06. The van der Waals surface area contributed by atoms with Crippen molar-refractivity contribution in [3.8, 4) is 0 Å². The molecular weight excluding hydrogens is 307 g/mol. The molecule has 1 aliphatic carbocycles. The molecule has 1 atom stereocenters. The van der Waals surface area contributed by atoms with E-state index in [1.54, 1.807) is 0 Å². The number of halogens is 2. The Hall–Kier alpha value is -1.18. The number of carbonyl (C=O) groups is 1. The van der Waals surface area contributed by atoms with E-state index in [0.29, 0.717) is 12.0 Å². The second kappa shape index (κ2) is 5.31. The monoisotopic (exact) mass is 320 g/mol. The molecule has 20 heavy (non-hydrogen) atoms. The number of rotatable bonds is 4. The Morgan fingerprint density at radius 2 is 2.10 bits per heavy atom. The van der Waals surface area contributed by atoms with Gasteiger partial charge in [0.1, 0.15) is 5.82 Å². The molecule has 0 aliphatic heterocycles. The van der Waals surface area contributed by atoms with Crippen molar-refractivity contribution < 1.29 is 17.6 Å². The molecule has 0 spiro atoms. The summed E-state index contributed by atoms with van der Waals surface area (Å²) >= 11 is 5.72. The van der Waals surface area contributed by atoms with Crippen LogP contribution >= 0.6 is 11.6 Å². The minimum atomic E-state index is -4.11. The van der Waals surface area contributed by atoms with Gasteiger partial charge in [-0.05, 0) is 37.8 Å². The minimum Gasteiger partial charge on any atom is -0.349 e. The summed E-state index contributed by atoms with van der Waals surface area (Å²) in [4.78, 5) is 11.6. The zero-order valence-corrected chi connectivity index (χ0v) is 12.3. The summed E-state index contributed by atoms with van der Waals surface area (Å²) in [7, 11) is -4.11. The Morgan fingerprint density at radius 3 is 2.60 bits per heavy atom. The summed E-state index contributed by atoms with van der Waals surface area (Å²) in [5, 5.41) is 7.20. The first-order valence-electron chi connectivity index (χ1n) is 6.03.